The lowest BCUT2D eigenvalue weighted by atomic mass is 10.0. The summed E-state index contributed by atoms with van der Waals surface area (Å²) in [6, 6.07) is 14.1. The van der Waals surface area contributed by atoms with Gasteiger partial charge < -0.3 is 9.52 Å². The number of aromatic hydroxyl groups is 1. The van der Waals surface area contributed by atoms with E-state index in [0.717, 1.165) is 22.5 Å². The predicted octanol–water partition coefficient (Wildman–Crippen LogP) is 4.72. The number of sulfonamides is 1. The Bertz CT molecular complexity index is 1300. The lowest BCUT2D eigenvalue weighted by molar-refractivity contribution is 0.336. The van der Waals surface area contributed by atoms with E-state index in [4.69, 9.17) is 4.42 Å². The molecule has 0 amide bonds. The van der Waals surface area contributed by atoms with Crippen LogP contribution in [0.15, 0.2) is 62.8 Å². The molecule has 3 aromatic rings. The smallest absolute Gasteiger partial charge is 0.310 e. The third-order valence-corrected chi connectivity index (χ3v) is 7.26. The number of benzene rings is 2. The normalized spacial score (nSPS) is 14.8. The first kappa shape index (κ1) is 21.0. The van der Waals surface area contributed by atoms with Gasteiger partial charge >= 0.3 is 5.95 Å². The van der Waals surface area contributed by atoms with Crippen LogP contribution in [-0.2, 0) is 10.0 Å². The fraction of sp³-hybridized carbons (Fsp3) is 0.217. The van der Waals surface area contributed by atoms with E-state index in [-0.39, 0.29) is 22.4 Å². The van der Waals surface area contributed by atoms with Crippen molar-refractivity contribution < 1.29 is 17.9 Å². The van der Waals surface area contributed by atoms with Gasteiger partial charge in [0, 0.05) is 35.5 Å². The Labute approximate surface area is 181 Å². The highest BCUT2D eigenvalue weighted by molar-refractivity contribution is 7.89. The van der Waals surface area contributed by atoms with Gasteiger partial charge in [0.05, 0.1) is 10.6 Å². The van der Waals surface area contributed by atoms with Gasteiger partial charge in [0.2, 0.25) is 15.9 Å². The van der Waals surface area contributed by atoms with Gasteiger partial charge in [0.1, 0.15) is 5.69 Å². The van der Waals surface area contributed by atoms with Crippen LogP contribution in [0.3, 0.4) is 0 Å². The highest BCUT2D eigenvalue weighted by Crippen LogP contribution is 2.37. The minimum absolute atomic E-state index is 0.141. The second-order valence-electron chi connectivity index (χ2n) is 7.10. The average Bonchev–Trinajstić information content (AvgIpc) is 3.29. The van der Waals surface area contributed by atoms with Crippen LogP contribution in [-0.4, -0.2) is 41.6 Å². The van der Waals surface area contributed by atoms with Crippen molar-refractivity contribution in [1.29, 1.82) is 0 Å². The zero-order valence-electron chi connectivity index (χ0n) is 17.5. The van der Waals surface area contributed by atoms with Crippen LogP contribution in [0.4, 0.5) is 5.69 Å². The molecule has 0 radical (unpaired) electrons. The lowest BCUT2D eigenvalue weighted by Crippen LogP contribution is -2.30. The van der Waals surface area contributed by atoms with E-state index < -0.39 is 10.0 Å². The minimum atomic E-state index is -3.62. The van der Waals surface area contributed by atoms with Crippen LogP contribution >= 0.6 is 0 Å². The first-order valence-corrected chi connectivity index (χ1v) is 11.5. The van der Waals surface area contributed by atoms with Gasteiger partial charge in [-0.15, -0.1) is 0 Å². The summed E-state index contributed by atoms with van der Waals surface area (Å²) in [7, 11) is -3.62. The Kier molecular flexibility index (Phi) is 5.51. The lowest BCUT2D eigenvalue weighted by Gasteiger charge is -2.18. The molecule has 0 atom stereocenters. The molecule has 1 aliphatic heterocycles. The Morgan fingerprint density at radius 1 is 1.10 bits per heavy atom. The summed E-state index contributed by atoms with van der Waals surface area (Å²) in [6.45, 7) is 6.24. The van der Waals surface area contributed by atoms with Crippen LogP contribution in [0.2, 0.25) is 0 Å². The predicted molar refractivity (Wildman–Crippen MR) is 121 cm³/mol. The van der Waals surface area contributed by atoms with Crippen LogP contribution in [0.5, 0.6) is 5.95 Å². The number of para-hydroxylation sites is 1. The summed E-state index contributed by atoms with van der Waals surface area (Å²) in [6.07, 6.45) is 1.73. The Hall–Kier alpha value is -3.23. The van der Waals surface area contributed by atoms with Gasteiger partial charge in [0.15, 0.2) is 0 Å². The minimum Gasteiger partial charge on any atom is -0.479 e. The number of hydrogen-bond donors (Lipinski definition) is 1. The molecule has 160 valence electrons. The second-order valence-corrected chi connectivity index (χ2v) is 9.04. The molecule has 0 unspecified atom stereocenters. The zero-order valence-corrected chi connectivity index (χ0v) is 18.3. The monoisotopic (exact) mass is 437 g/mol. The molecule has 1 aromatic heterocycles. The van der Waals surface area contributed by atoms with Crippen molar-refractivity contribution in [2.75, 3.05) is 13.1 Å². The summed E-state index contributed by atoms with van der Waals surface area (Å²) in [5.74, 6) is -0.196. The average molecular weight is 438 g/mol. The molecule has 7 nitrogen and oxygen atoms in total. The topological polar surface area (TPSA) is 96.0 Å². The van der Waals surface area contributed by atoms with E-state index in [1.165, 1.54) is 16.4 Å². The summed E-state index contributed by atoms with van der Waals surface area (Å²) >= 11 is 0. The fourth-order valence-electron chi connectivity index (χ4n) is 3.60. The Morgan fingerprint density at radius 3 is 2.58 bits per heavy atom. The van der Waals surface area contributed by atoms with E-state index in [9.17, 15) is 13.5 Å². The third kappa shape index (κ3) is 3.80. The number of nitrogens with zero attached hydrogens (tertiary/aromatic N) is 3. The summed E-state index contributed by atoms with van der Waals surface area (Å²) in [4.78, 5) is 9.09. The highest BCUT2D eigenvalue weighted by Gasteiger charge is 2.24. The maximum absolute atomic E-state index is 12.8. The van der Waals surface area contributed by atoms with Gasteiger partial charge in [-0.25, -0.2) is 13.4 Å². The van der Waals surface area contributed by atoms with Gasteiger partial charge in [-0.05, 0) is 37.3 Å². The molecule has 1 aliphatic rings. The molecule has 31 heavy (non-hydrogen) atoms. The molecule has 0 bridgehead atoms. The molecule has 1 N–H and O–H groups in total. The van der Waals surface area contributed by atoms with Crippen molar-refractivity contribution in [1.82, 2.24) is 9.29 Å². The molecule has 0 aliphatic carbocycles. The van der Waals surface area contributed by atoms with Crippen molar-refractivity contribution in [3.8, 4) is 17.4 Å². The van der Waals surface area contributed by atoms with Gasteiger partial charge in [-0.3, -0.25) is 4.99 Å². The molecular formula is C23H23N3O4S. The number of aliphatic imine (C=N–C) groups is 1. The fourth-order valence-corrected chi connectivity index (χ4v) is 5.10. The molecule has 0 saturated carbocycles. The van der Waals surface area contributed by atoms with Crippen LogP contribution in [0.25, 0.3) is 23.1 Å². The van der Waals surface area contributed by atoms with E-state index in [1.807, 2.05) is 31.2 Å². The largest absolute Gasteiger partial charge is 0.479 e. The molecular weight excluding hydrogens is 414 g/mol. The molecule has 2 heterocycles. The first-order chi connectivity index (χ1) is 14.8. The molecule has 4 rings (SSSR count). The van der Waals surface area contributed by atoms with Gasteiger partial charge in [-0.2, -0.15) is 4.31 Å². The second kappa shape index (κ2) is 8.13. The number of hydrogen-bond acceptors (Lipinski definition) is 6. The third-order valence-electron chi connectivity index (χ3n) is 5.21. The van der Waals surface area contributed by atoms with Crippen molar-refractivity contribution in [3.63, 3.8) is 0 Å². The van der Waals surface area contributed by atoms with Crippen molar-refractivity contribution >= 4 is 33.1 Å². The van der Waals surface area contributed by atoms with E-state index in [2.05, 4.69) is 9.98 Å². The molecule has 2 aromatic carbocycles. The number of rotatable bonds is 6. The van der Waals surface area contributed by atoms with Gasteiger partial charge in [0.25, 0.3) is 0 Å². The number of aromatic nitrogens is 1. The van der Waals surface area contributed by atoms with E-state index in [1.54, 1.807) is 32.1 Å². The van der Waals surface area contributed by atoms with Crippen LogP contribution < -0.4 is 0 Å². The quantitative estimate of drug-likeness (QED) is 0.602. The molecule has 0 spiro atoms. The molecule has 8 heteroatoms. The number of oxazole rings is 1. The van der Waals surface area contributed by atoms with Crippen molar-refractivity contribution in [2.24, 2.45) is 4.99 Å². The van der Waals surface area contributed by atoms with Crippen molar-refractivity contribution in [2.45, 2.75) is 25.7 Å². The maximum atomic E-state index is 12.8. The maximum Gasteiger partial charge on any atom is 0.310 e. The first-order valence-electron chi connectivity index (χ1n) is 10.0. The highest BCUT2D eigenvalue weighted by atomic mass is 32.2. The number of fused-ring (bicyclic) bond motifs is 1. The van der Waals surface area contributed by atoms with Crippen LogP contribution in [0.1, 0.15) is 32.0 Å². The molecule has 0 fully saturated rings. The summed E-state index contributed by atoms with van der Waals surface area (Å²) in [5, 5.41) is 10.3. The standard InChI is InChI=1S/C23H23N3O4S/c1-4-26(5-2)31(28,29)17-10-8-9-16(13-17)22-25-21(23(27)30-22)14-19-15(3)24-20-12-7-6-11-18(19)20/h6-14,27H,4-5H2,1-3H3. The summed E-state index contributed by atoms with van der Waals surface area (Å²) in [5.41, 5.74) is 4.21. The van der Waals surface area contributed by atoms with E-state index >= 15 is 0 Å². The van der Waals surface area contributed by atoms with Crippen molar-refractivity contribution in [3.05, 3.63) is 59.8 Å². The van der Waals surface area contributed by atoms with Gasteiger partial charge in [-0.1, -0.05) is 38.1 Å². The Balaban J connectivity index is 1.72. The zero-order chi connectivity index (χ0) is 22.2. The number of allylic oxidation sites excluding steroid dienone is 1. The molecule has 0 saturated heterocycles. The Morgan fingerprint density at radius 2 is 1.84 bits per heavy atom. The SMILES string of the molecule is CCN(CC)S(=O)(=O)c1cccc(-c2nc(C=C3C(C)=Nc4ccccc43)c(O)o2)c1. The summed E-state index contributed by atoms with van der Waals surface area (Å²) < 4.78 is 32.5. The van der Waals surface area contributed by atoms with E-state index in [0.29, 0.717) is 18.7 Å². The van der Waals surface area contributed by atoms with Crippen LogP contribution in [0, 0.1) is 0 Å².